The van der Waals surface area contributed by atoms with E-state index >= 15 is 0 Å². The van der Waals surface area contributed by atoms with Crippen LogP contribution >= 0.6 is 0 Å². The van der Waals surface area contributed by atoms with Crippen LogP contribution in [0.5, 0.6) is 0 Å². The van der Waals surface area contributed by atoms with Crippen molar-refractivity contribution in [3.63, 3.8) is 0 Å². The molecule has 2 aromatic carbocycles. The zero-order valence-electron chi connectivity index (χ0n) is 15.6. The smallest absolute Gasteiger partial charge is 0.241 e. The van der Waals surface area contributed by atoms with Gasteiger partial charge in [-0.2, -0.15) is 5.26 Å². The van der Waals surface area contributed by atoms with Crippen molar-refractivity contribution in [1.29, 1.82) is 5.26 Å². The summed E-state index contributed by atoms with van der Waals surface area (Å²) >= 11 is 0. The summed E-state index contributed by atoms with van der Waals surface area (Å²) in [7, 11) is 0. The molecule has 0 aromatic heterocycles. The Morgan fingerprint density at radius 2 is 1.70 bits per heavy atom. The third-order valence-electron chi connectivity index (χ3n) is 5.08. The van der Waals surface area contributed by atoms with Crippen molar-refractivity contribution in [1.82, 2.24) is 5.32 Å². The largest absolute Gasteiger partial charge is 0.381 e. The van der Waals surface area contributed by atoms with Crippen LogP contribution in [0, 0.1) is 18.3 Å². The lowest BCUT2D eigenvalue weighted by molar-refractivity contribution is -0.130. The van der Waals surface area contributed by atoms with Crippen molar-refractivity contribution in [2.75, 3.05) is 13.2 Å². The first kappa shape index (κ1) is 19.1. The monoisotopic (exact) mass is 363 g/mol. The minimum atomic E-state index is -0.942. The maximum Gasteiger partial charge on any atom is 0.241 e. The van der Waals surface area contributed by atoms with Gasteiger partial charge < -0.3 is 15.8 Å². The number of carbonyl (C=O) groups excluding carboxylic acids is 1. The average Bonchev–Trinajstić information content (AvgIpc) is 2.69. The Morgan fingerprint density at radius 3 is 2.26 bits per heavy atom. The maximum absolute atomic E-state index is 12.5. The molecule has 0 bridgehead atoms. The van der Waals surface area contributed by atoms with Gasteiger partial charge in [0.1, 0.15) is 6.04 Å². The molecular formula is C22H25N3O2. The number of nitrogens with two attached hydrogens (primary N) is 1. The normalized spacial score (nSPS) is 16.9. The summed E-state index contributed by atoms with van der Waals surface area (Å²) in [5, 5.41) is 12.2. The van der Waals surface area contributed by atoms with Gasteiger partial charge in [-0.3, -0.25) is 4.79 Å². The number of carbonyl (C=O) groups is 1. The van der Waals surface area contributed by atoms with Crippen LogP contribution in [0.25, 0.3) is 11.1 Å². The van der Waals surface area contributed by atoms with Gasteiger partial charge in [-0.05, 0) is 36.5 Å². The number of rotatable bonds is 5. The highest BCUT2D eigenvalue weighted by Crippen LogP contribution is 2.21. The summed E-state index contributed by atoms with van der Waals surface area (Å²) in [5.74, 6) is -0.270. The molecule has 0 saturated carbocycles. The number of nitrogens with zero attached hydrogens (tertiary/aromatic N) is 1. The van der Waals surface area contributed by atoms with E-state index in [9.17, 15) is 10.1 Å². The molecule has 1 aliphatic rings. The van der Waals surface area contributed by atoms with Crippen molar-refractivity contribution in [3.8, 4) is 17.2 Å². The van der Waals surface area contributed by atoms with Crippen molar-refractivity contribution in [2.24, 2.45) is 5.73 Å². The fourth-order valence-corrected chi connectivity index (χ4v) is 3.21. The van der Waals surface area contributed by atoms with E-state index in [4.69, 9.17) is 10.5 Å². The number of hydrogen-bond donors (Lipinski definition) is 2. The molecule has 1 heterocycles. The van der Waals surface area contributed by atoms with Gasteiger partial charge in [-0.25, -0.2) is 0 Å². The standard InChI is InChI=1S/C22H25N3O2/c1-16-2-6-18(7-3-16)19-8-4-17(5-9-19)14-20(15-23)25-21(26)22(24)10-12-27-13-11-22/h2-9,20H,10-14,24H2,1H3,(H,25,26). The molecule has 1 aliphatic heterocycles. The van der Waals surface area contributed by atoms with Crippen molar-refractivity contribution in [3.05, 3.63) is 59.7 Å². The number of amides is 1. The Morgan fingerprint density at radius 1 is 1.15 bits per heavy atom. The van der Waals surface area contributed by atoms with E-state index < -0.39 is 11.6 Å². The molecule has 5 nitrogen and oxygen atoms in total. The van der Waals surface area contributed by atoms with E-state index in [-0.39, 0.29) is 5.91 Å². The third kappa shape index (κ3) is 4.73. The molecule has 5 heteroatoms. The average molecular weight is 363 g/mol. The third-order valence-corrected chi connectivity index (χ3v) is 5.08. The summed E-state index contributed by atoms with van der Waals surface area (Å²) in [6.45, 7) is 3.01. The second kappa shape index (κ2) is 8.34. The van der Waals surface area contributed by atoms with Gasteiger partial charge in [-0.15, -0.1) is 0 Å². The predicted molar refractivity (Wildman–Crippen MR) is 105 cm³/mol. The molecule has 27 heavy (non-hydrogen) atoms. The van der Waals surface area contributed by atoms with Crippen LogP contribution in [0.15, 0.2) is 48.5 Å². The Balaban J connectivity index is 1.63. The summed E-state index contributed by atoms with van der Waals surface area (Å²) < 4.78 is 5.27. The van der Waals surface area contributed by atoms with Gasteiger partial charge in [0.2, 0.25) is 5.91 Å². The van der Waals surface area contributed by atoms with Gasteiger partial charge in [0.25, 0.3) is 0 Å². The quantitative estimate of drug-likeness (QED) is 0.855. The number of hydrogen-bond acceptors (Lipinski definition) is 4. The SMILES string of the molecule is Cc1ccc(-c2ccc(CC(C#N)NC(=O)C3(N)CCOCC3)cc2)cc1. The molecule has 1 unspecified atom stereocenters. The van der Waals surface area contributed by atoms with E-state index in [0.29, 0.717) is 32.5 Å². The van der Waals surface area contributed by atoms with Crippen molar-refractivity contribution in [2.45, 2.75) is 37.8 Å². The molecule has 3 N–H and O–H groups in total. The second-order valence-corrected chi connectivity index (χ2v) is 7.19. The fraction of sp³-hybridized carbons (Fsp3) is 0.364. The molecule has 0 radical (unpaired) electrons. The molecule has 1 atom stereocenters. The Kier molecular flexibility index (Phi) is 5.90. The first-order chi connectivity index (χ1) is 13.0. The van der Waals surface area contributed by atoms with Gasteiger partial charge in [0.15, 0.2) is 0 Å². The maximum atomic E-state index is 12.5. The molecule has 1 fully saturated rings. The predicted octanol–water partition coefficient (Wildman–Crippen LogP) is 2.72. The number of nitrogens with one attached hydrogen (secondary N) is 1. The van der Waals surface area contributed by atoms with Gasteiger partial charge >= 0.3 is 0 Å². The number of benzene rings is 2. The zero-order valence-corrected chi connectivity index (χ0v) is 15.6. The molecule has 0 aliphatic carbocycles. The first-order valence-electron chi connectivity index (χ1n) is 9.23. The number of aryl methyl sites for hydroxylation is 1. The molecule has 0 spiro atoms. The minimum absolute atomic E-state index is 0.270. The Labute approximate surface area is 160 Å². The van der Waals surface area contributed by atoms with Crippen LogP contribution in [0.1, 0.15) is 24.0 Å². The highest BCUT2D eigenvalue weighted by molar-refractivity contribution is 5.86. The minimum Gasteiger partial charge on any atom is -0.381 e. The summed E-state index contributed by atoms with van der Waals surface area (Å²) in [6.07, 6.45) is 1.40. The van der Waals surface area contributed by atoms with E-state index in [1.807, 2.05) is 24.3 Å². The lowest BCUT2D eigenvalue weighted by Gasteiger charge is -2.32. The molecule has 140 valence electrons. The van der Waals surface area contributed by atoms with Crippen LogP contribution in [-0.2, 0) is 16.0 Å². The van der Waals surface area contributed by atoms with Gasteiger partial charge in [-0.1, -0.05) is 54.1 Å². The van der Waals surface area contributed by atoms with E-state index in [2.05, 4.69) is 42.6 Å². The Bertz CT molecular complexity index is 816. The number of ether oxygens (including phenoxy) is 1. The molecular weight excluding hydrogens is 338 g/mol. The molecule has 3 rings (SSSR count). The van der Waals surface area contributed by atoms with Crippen molar-refractivity contribution < 1.29 is 9.53 Å². The molecule has 1 amide bonds. The summed E-state index contributed by atoms with van der Waals surface area (Å²) in [5.41, 5.74) is 9.75. The van der Waals surface area contributed by atoms with Gasteiger partial charge in [0, 0.05) is 19.6 Å². The Hall–Kier alpha value is -2.68. The van der Waals surface area contributed by atoms with E-state index in [1.54, 1.807) is 0 Å². The lowest BCUT2D eigenvalue weighted by atomic mass is 9.90. The zero-order chi connectivity index (χ0) is 19.3. The molecule has 1 saturated heterocycles. The van der Waals surface area contributed by atoms with Crippen molar-refractivity contribution >= 4 is 5.91 Å². The highest BCUT2D eigenvalue weighted by atomic mass is 16.5. The van der Waals surface area contributed by atoms with Gasteiger partial charge in [0.05, 0.1) is 11.6 Å². The fourth-order valence-electron chi connectivity index (χ4n) is 3.21. The summed E-state index contributed by atoms with van der Waals surface area (Å²) in [6, 6.07) is 18.0. The van der Waals surface area contributed by atoms with E-state index in [1.165, 1.54) is 5.56 Å². The topological polar surface area (TPSA) is 88.1 Å². The number of nitriles is 1. The summed E-state index contributed by atoms with van der Waals surface area (Å²) in [4.78, 5) is 12.5. The first-order valence-corrected chi connectivity index (χ1v) is 9.23. The van der Waals surface area contributed by atoms with E-state index in [0.717, 1.165) is 16.7 Å². The van der Waals surface area contributed by atoms with Crippen LogP contribution in [-0.4, -0.2) is 30.7 Å². The molecule has 2 aromatic rings. The van der Waals surface area contributed by atoms with Crippen LogP contribution in [0.2, 0.25) is 0 Å². The van der Waals surface area contributed by atoms with Crippen LogP contribution in [0.3, 0.4) is 0 Å². The highest BCUT2D eigenvalue weighted by Gasteiger charge is 2.36. The lowest BCUT2D eigenvalue weighted by Crippen LogP contribution is -2.58. The second-order valence-electron chi connectivity index (χ2n) is 7.19. The van der Waals surface area contributed by atoms with Crippen LogP contribution < -0.4 is 11.1 Å². The van der Waals surface area contributed by atoms with Crippen LogP contribution in [0.4, 0.5) is 0 Å².